The van der Waals surface area contributed by atoms with Crippen molar-refractivity contribution in [3.05, 3.63) is 64.0 Å². The van der Waals surface area contributed by atoms with Crippen LogP contribution in [0.25, 0.3) is 10.9 Å². The number of halogens is 2. The van der Waals surface area contributed by atoms with E-state index in [0.29, 0.717) is 5.56 Å². The maximum absolute atomic E-state index is 13.6. The van der Waals surface area contributed by atoms with Crippen molar-refractivity contribution in [3.63, 3.8) is 0 Å². The molecule has 0 N–H and O–H groups in total. The van der Waals surface area contributed by atoms with Crippen molar-refractivity contribution in [3.8, 4) is 0 Å². The highest BCUT2D eigenvalue weighted by molar-refractivity contribution is 9.10. The molecule has 1 aliphatic rings. The SMILES string of the molecule is C[C@@H]1CCc2cc(F)ccc2N1C(=O)Cn1cc(C=O)c2cc(Br)ccc21. The van der Waals surface area contributed by atoms with Crippen LogP contribution in [-0.4, -0.2) is 22.8 Å². The molecule has 0 saturated carbocycles. The first kappa shape index (κ1) is 17.9. The van der Waals surface area contributed by atoms with Crippen LogP contribution in [0.2, 0.25) is 0 Å². The van der Waals surface area contributed by atoms with Crippen LogP contribution < -0.4 is 4.90 Å². The standard InChI is InChI=1S/C21H18BrFN2O2/c1-13-2-3-14-8-17(23)5-7-19(14)25(13)21(27)11-24-10-15(12-26)18-9-16(22)4-6-20(18)24/h4-10,12-13H,2-3,11H2,1H3/t13-/m1/s1. The lowest BCUT2D eigenvalue weighted by Crippen LogP contribution is -2.43. The Morgan fingerprint density at radius 2 is 2.11 bits per heavy atom. The maximum atomic E-state index is 13.6. The highest BCUT2D eigenvalue weighted by Crippen LogP contribution is 2.32. The molecule has 0 fully saturated rings. The third-order valence-electron chi connectivity index (χ3n) is 5.15. The number of aryl methyl sites for hydroxylation is 1. The fraction of sp³-hybridized carbons (Fsp3) is 0.238. The number of fused-ring (bicyclic) bond motifs is 2. The number of amides is 1. The van der Waals surface area contributed by atoms with Gasteiger partial charge >= 0.3 is 0 Å². The molecule has 0 aliphatic carbocycles. The van der Waals surface area contributed by atoms with Gasteiger partial charge in [0.15, 0.2) is 6.29 Å². The molecule has 1 atom stereocenters. The lowest BCUT2D eigenvalue weighted by molar-refractivity contribution is -0.119. The van der Waals surface area contributed by atoms with Gasteiger partial charge in [0.25, 0.3) is 0 Å². The maximum Gasteiger partial charge on any atom is 0.247 e. The van der Waals surface area contributed by atoms with Gasteiger partial charge < -0.3 is 9.47 Å². The average Bonchev–Trinajstić information content (AvgIpc) is 2.98. The van der Waals surface area contributed by atoms with Gasteiger partial charge in [0.2, 0.25) is 5.91 Å². The van der Waals surface area contributed by atoms with Gasteiger partial charge in [-0.2, -0.15) is 0 Å². The number of benzene rings is 2. The largest absolute Gasteiger partial charge is 0.337 e. The van der Waals surface area contributed by atoms with E-state index >= 15 is 0 Å². The van der Waals surface area contributed by atoms with Gasteiger partial charge in [-0.15, -0.1) is 0 Å². The van der Waals surface area contributed by atoms with E-state index in [0.717, 1.165) is 45.8 Å². The minimum Gasteiger partial charge on any atom is -0.337 e. The summed E-state index contributed by atoms with van der Waals surface area (Å²) in [6, 6.07) is 10.3. The van der Waals surface area contributed by atoms with Crippen LogP contribution in [-0.2, 0) is 17.8 Å². The summed E-state index contributed by atoms with van der Waals surface area (Å²) >= 11 is 3.42. The van der Waals surface area contributed by atoms with Crippen molar-refractivity contribution >= 4 is 44.7 Å². The summed E-state index contributed by atoms with van der Waals surface area (Å²) in [5.41, 5.74) is 3.01. The molecule has 0 radical (unpaired) electrons. The van der Waals surface area contributed by atoms with Gasteiger partial charge in [-0.25, -0.2) is 4.39 Å². The number of aldehydes is 1. The van der Waals surface area contributed by atoms with Crippen molar-refractivity contribution in [2.24, 2.45) is 0 Å². The van der Waals surface area contributed by atoms with Crippen LogP contribution in [0.15, 0.2) is 47.1 Å². The number of nitrogens with zero attached hydrogens (tertiary/aromatic N) is 2. The second-order valence-electron chi connectivity index (χ2n) is 6.92. The first-order valence-corrected chi connectivity index (χ1v) is 9.61. The van der Waals surface area contributed by atoms with E-state index in [2.05, 4.69) is 15.9 Å². The van der Waals surface area contributed by atoms with Crippen LogP contribution in [0.1, 0.15) is 29.3 Å². The smallest absolute Gasteiger partial charge is 0.247 e. The van der Waals surface area contributed by atoms with Crippen molar-refractivity contribution in [1.29, 1.82) is 0 Å². The molecule has 0 unspecified atom stereocenters. The van der Waals surface area contributed by atoms with Gasteiger partial charge in [0.05, 0.1) is 0 Å². The Morgan fingerprint density at radius 1 is 1.30 bits per heavy atom. The van der Waals surface area contributed by atoms with Crippen molar-refractivity contribution in [2.75, 3.05) is 4.90 Å². The van der Waals surface area contributed by atoms with E-state index in [-0.39, 0.29) is 24.3 Å². The van der Waals surface area contributed by atoms with Crippen LogP contribution in [0.5, 0.6) is 0 Å². The summed E-state index contributed by atoms with van der Waals surface area (Å²) in [5.74, 6) is -0.361. The fourth-order valence-electron chi connectivity index (χ4n) is 3.84. The molecule has 4 nitrogen and oxygen atoms in total. The minimum atomic E-state index is -0.284. The fourth-order valence-corrected chi connectivity index (χ4v) is 4.21. The number of hydrogen-bond donors (Lipinski definition) is 0. The van der Waals surface area contributed by atoms with Crippen LogP contribution in [0.4, 0.5) is 10.1 Å². The summed E-state index contributed by atoms with van der Waals surface area (Å²) in [4.78, 5) is 26.3. The zero-order chi connectivity index (χ0) is 19.1. The van der Waals surface area contributed by atoms with Gasteiger partial charge in [0.1, 0.15) is 12.4 Å². The van der Waals surface area contributed by atoms with Crippen molar-refractivity contribution in [1.82, 2.24) is 4.57 Å². The molecule has 2 aromatic carbocycles. The zero-order valence-electron chi connectivity index (χ0n) is 14.8. The molecule has 3 aromatic rings. The molecule has 2 heterocycles. The van der Waals surface area contributed by atoms with Crippen LogP contribution in [0, 0.1) is 5.82 Å². The number of anilines is 1. The van der Waals surface area contributed by atoms with E-state index < -0.39 is 0 Å². The van der Waals surface area contributed by atoms with E-state index in [1.54, 1.807) is 21.7 Å². The molecular formula is C21H18BrFN2O2. The van der Waals surface area contributed by atoms with Gasteiger partial charge in [-0.1, -0.05) is 15.9 Å². The van der Waals surface area contributed by atoms with Crippen LogP contribution in [0.3, 0.4) is 0 Å². The third-order valence-corrected chi connectivity index (χ3v) is 5.64. The number of hydrogen-bond acceptors (Lipinski definition) is 2. The average molecular weight is 429 g/mol. The first-order chi connectivity index (χ1) is 13.0. The normalized spacial score (nSPS) is 16.4. The Hall–Kier alpha value is -2.47. The summed E-state index contributed by atoms with van der Waals surface area (Å²) in [7, 11) is 0. The Labute approximate surface area is 164 Å². The predicted octanol–water partition coefficient (Wildman–Crippen LogP) is 4.72. The summed E-state index contributed by atoms with van der Waals surface area (Å²) in [5, 5.41) is 0.807. The summed E-state index contributed by atoms with van der Waals surface area (Å²) < 4.78 is 16.3. The number of rotatable bonds is 3. The highest BCUT2D eigenvalue weighted by Gasteiger charge is 2.28. The minimum absolute atomic E-state index is 0.0389. The lowest BCUT2D eigenvalue weighted by atomic mass is 9.96. The molecule has 0 bridgehead atoms. The molecule has 4 rings (SSSR count). The van der Waals surface area contributed by atoms with E-state index in [1.165, 1.54) is 12.1 Å². The topological polar surface area (TPSA) is 42.3 Å². The molecule has 138 valence electrons. The van der Waals surface area contributed by atoms with E-state index in [9.17, 15) is 14.0 Å². The molecule has 1 aromatic heterocycles. The summed E-state index contributed by atoms with van der Waals surface area (Å²) in [6.45, 7) is 2.12. The molecular weight excluding hydrogens is 411 g/mol. The number of carbonyl (C=O) groups is 2. The Bertz CT molecular complexity index is 1060. The molecule has 1 amide bonds. The molecule has 0 saturated heterocycles. The molecule has 1 aliphatic heterocycles. The second-order valence-corrected chi connectivity index (χ2v) is 7.83. The van der Waals surface area contributed by atoms with Crippen LogP contribution >= 0.6 is 15.9 Å². The molecule has 6 heteroatoms. The Morgan fingerprint density at radius 3 is 2.89 bits per heavy atom. The van der Waals surface area contributed by atoms with Crippen molar-refractivity contribution in [2.45, 2.75) is 32.4 Å². The van der Waals surface area contributed by atoms with Gasteiger partial charge in [-0.3, -0.25) is 9.59 Å². The van der Waals surface area contributed by atoms with E-state index in [1.807, 2.05) is 25.1 Å². The lowest BCUT2D eigenvalue weighted by Gasteiger charge is -2.35. The molecule has 27 heavy (non-hydrogen) atoms. The third kappa shape index (κ3) is 3.18. The first-order valence-electron chi connectivity index (χ1n) is 8.82. The monoisotopic (exact) mass is 428 g/mol. The summed E-state index contributed by atoms with van der Waals surface area (Å²) in [6.07, 6.45) is 4.06. The highest BCUT2D eigenvalue weighted by atomic mass is 79.9. The van der Waals surface area contributed by atoms with Gasteiger partial charge in [-0.05, 0) is 61.7 Å². The number of carbonyl (C=O) groups excluding carboxylic acids is 2. The number of aromatic nitrogens is 1. The Balaban J connectivity index is 1.71. The van der Waals surface area contributed by atoms with Gasteiger partial charge in [0, 0.05) is 38.9 Å². The van der Waals surface area contributed by atoms with E-state index in [4.69, 9.17) is 0 Å². The second kappa shape index (κ2) is 6.93. The molecule has 0 spiro atoms. The predicted molar refractivity (Wildman–Crippen MR) is 107 cm³/mol. The quantitative estimate of drug-likeness (QED) is 0.566. The zero-order valence-corrected chi connectivity index (χ0v) is 16.4. The Kier molecular flexibility index (Phi) is 4.60. The van der Waals surface area contributed by atoms with Crippen molar-refractivity contribution < 1.29 is 14.0 Å².